The number of esters is 2. The number of hydrogen-bond acceptors (Lipinski definition) is 7. The van der Waals surface area contributed by atoms with Gasteiger partial charge in [0.05, 0.1) is 13.2 Å². The SMILES string of the molecule is C=C(C)C(=O)OCCCCCOCCCCCOCCCCCOCCCCCOC(=O)C(=C)C. The lowest BCUT2D eigenvalue weighted by atomic mass is 10.2. The van der Waals surface area contributed by atoms with Crippen molar-refractivity contribution in [2.45, 2.75) is 90.9 Å². The van der Waals surface area contributed by atoms with Gasteiger partial charge in [-0.2, -0.15) is 0 Å². The Morgan fingerprint density at radius 1 is 0.429 bits per heavy atom. The van der Waals surface area contributed by atoms with Gasteiger partial charge in [-0.1, -0.05) is 13.2 Å². The molecule has 0 aliphatic heterocycles. The summed E-state index contributed by atoms with van der Waals surface area (Å²) in [5.41, 5.74) is 0.892. The first kappa shape index (κ1) is 33.3. The molecular formula is C28H50O7. The second-order valence-corrected chi connectivity index (χ2v) is 8.91. The average molecular weight is 499 g/mol. The van der Waals surface area contributed by atoms with Crippen LogP contribution in [0.25, 0.3) is 0 Å². The van der Waals surface area contributed by atoms with Crippen LogP contribution in [-0.2, 0) is 33.3 Å². The monoisotopic (exact) mass is 498 g/mol. The molecular weight excluding hydrogens is 448 g/mol. The number of hydrogen-bond donors (Lipinski definition) is 0. The topological polar surface area (TPSA) is 80.3 Å². The smallest absolute Gasteiger partial charge is 0.333 e. The van der Waals surface area contributed by atoms with E-state index in [-0.39, 0.29) is 11.9 Å². The van der Waals surface area contributed by atoms with Gasteiger partial charge in [0, 0.05) is 50.8 Å². The summed E-state index contributed by atoms with van der Waals surface area (Å²) in [7, 11) is 0. The summed E-state index contributed by atoms with van der Waals surface area (Å²) in [5, 5.41) is 0. The van der Waals surface area contributed by atoms with E-state index in [9.17, 15) is 9.59 Å². The molecule has 0 aliphatic rings. The minimum Gasteiger partial charge on any atom is -0.462 e. The Morgan fingerprint density at radius 3 is 0.886 bits per heavy atom. The van der Waals surface area contributed by atoms with E-state index in [4.69, 9.17) is 23.7 Å². The number of rotatable bonds is 26. The van der Waals surface area contributed by atoms with Gasteiger partial charge in [0.25, 0.3) is 0 Å². The molecule has 0 unspecified atom stereocenters. The Morgan fingerprint density at radius 2 is 0.657 bits per heavy atom. The number of carbonyl (C=O) groups excluding carboxylic acids is 2. The highest BCUT2D eigenvalue weighted by Gasteiger charge is 2.02. The van der Waals surface area contributed by atoms with E-state index >= 15 is 0 Å². The summed E-state index contributed by atoms with van der Waals surface area (Å²) in [6.07, 6.45) is 12.3. The van der Waals surface area contributed by atoms with E-state index in [1.54, 1.807) is 13.8 Å². The van der Waals surface area contributed by atoms with Crippen LogP contribution in [0.15, 0.2) is 24.3 Å². The van der Waals surface area contributed by atoms with E-state index < -0.39 is 0 Å². The molecule has 0 saturated heterocycles. The maximum absolute atomic E-state index is 11.2. The van der Waals surface area contributed by atoms with Crippen LogP contribution in [0.4, 0.5) is 0 Å². The Bertz CT molecular complexity index is 512. The molecule has 0 spiro atoms. The van der Waals surface area contributed by atoms with E-state index in [1.165, 1.54) is 0 Å². The zero-order valence-electron chi connectivity index (χ0n) is 22.4. The van der Waals surface area contributed by atoms with Crippen LogP contribution in [0, 0.1) is 0 Å². The fourth-order valence-corrected chi connectivity index (χ4v) is 3.02. The lowest BCUT2D eigenvalue weighted by Crippen LogP contribution is -2.06. The zero-order chi connectivity index (χ0) is 26.0. The average Bonchev–Trinajstić information content (AvgIpc) is 2.83. The van der Waals surface area contributed by atoms with Gasteiger partial charge in [0.1, 0.15) is 0 Å². The third-order valence-corrected chi connectivity index (χ3v) is 5.18. The summed E-state index contributed by atoms with van der Waals surface area (Å²) < 4.78 is 27.1. The molecule has 0 N–H and O–H groups in total. The van der Waals surface area contributed by atoms with Crippen molar-refractivity contribution in [3.63, 3.8) is 0 Å². The van der Waals surface area contributed by atoms with E-state index in [0.29, 0.717) is 24.4 Å². The molecule has 0 heterocycles. The predicted octanol–water partition coefficient (Wildman–Crippen LogP) is 5.96. The third-order valence-electron chi connectivity index (χ3n) is 5.18. The number of unbranched alkanes of at least 4 members (excludes halogenated alkanes) is 8. The highest BCUT2D eigenvalue weighted by Crippen LogP contribution is 2.03. The molecule has 0 aliphatic carbocycles. The molecule has 0 amide bonds. The molecule has 0 aromatic rings. The molecule has 204 valence electrons. The number of ether oxygens (including phenoxy) is 5. The first-order chi connectivity index (χ1) is 16.9. The van der Waals surface area contributed by atoms with Crippen molar-refractivity contribution in [2.24, 2.45) is 0 Å². The second-order valence-electron chi connectivity index (χ2n) is 8.91. The van der Waals surface area contributed by atoms with Crippen molar-refractivity contribution in [3.05, 3.63) is 24.3 Å². The fourth-order valence-electron chi connectivity index (χ4n) is 3.02. The number of carbonyl (C=O) groups is 2. The molecule has 0 saturated carbocycles. The van der Waals surface area contributed by atoms with Crippen LogP contribution in [-0.4, -0.2) is 64.8 Å². The van der Waals surface area contributed by atoms with Crippen LogP contribution in [0.5, 0.6) is 0 Å². The molecule has 0 atom stereocenters. The van der Waals surface area contributed by atoms with Crippen LogP contribution in [0.1, 0.15) is 90.9 Å². The lowest BCUT2D eigenvalue weighted by Gasteiger charge is -2.07. The van der Waals surface area contributed by atoms with Gasteiger partial charge in [-0.05, 0) is 90.9 Å². The van der Waals surface area contributed by atoms with Gasteiger partial charge in [-0.15, -0.1) is 0 Å². The molecule has 35 heavy (non-hydrogen) atoms. The molecule has 0 fully saturated rings. The second kappa shape index (κ2) is 25.4. The zero-order valence-corrected chi connectivity index (χ0v) is 22.4. The van der Waals surface area contributed by atoms with E-state index in [2.05, 4.69) is 13.2 Å². The summed E-state index contributed by atoms with van der Waals surface area (Å²) in [6, 6.07) is 0. The van der Waals surface area contributed by atoms with Crippen molar-refractivity contribution in [3.8, 4) is 0 Å². The normalized spacial score (nSPS) is 10.8. The van der Waals surface area contributed by atoms with E-state index in [0.717, 1.165) is 117 Å². The highest BCUT2D eigenvalue weighted by molar-refractivity contribution is 5.87. The standard InChI is InChI=1S/C28H50O7/c1-25(2)27(29)34-23-15-7-13-21-32-19-11-5-9-17-31-18-10-6-12-20-33-22-14-8-16-24-35-28(30)26(3)4/h1,3,5-24H2,2,4H3. The van der Waals surface area contributed by atoms with Crippen LogP contribution in [0.2, 0.25) is 0 Å². The van der Waals surface area contributed by atoms with Gasteiger partial charge in [-0.25, -0.2) is 9.59 Å². The Balaban J connectivity index is 3.11. The van der Waals surface area contributed by atoms with E-state index in [1.807, 2.05) is 0 Å². The minimum absolute atomic E-state index is 0.309. The predicted molar refractivity (Wildman–Crippen MR) is 139 cm³/mol. The van der Waals surface area contributed by atoms with Crippen molar-refractivity contribution < 1.29 is 33.3 Å². The first-order valence-electron chi connectivity index (χ1n) is 13.3. The van der Waals surface area contributed by atoms with Crippen LogP contribution >= 0.6 is 0 Å². The molecule has 0 aromatic heterocycles. The highest BCUT2D eigenvalue weighted by atomic mass is 16.5. The summed E-state index contributed by atoms with van der Waals surface area (Å²) in [5.74, 6) is -0.618. The molecule has 0 radical (unpaired) electrons. The summed E-state index contributed by atoms with van der Waals surface area (Å²) in [4.78, 5) is 22.4. The van der Waals surface area contributed by atoms with Gasteiger partial charge in [-0.3, -0.25) is 0 Å². The van der Waals surface area contributed by atoms with Crippen LogP contribution < -0.4 is 0 Å². The molecule has 0 aromatic carbocycles. The quantitative estimate of drug-likeness (QED) is 0.0827. The lowest BCUT2D eigenvalue weighted by molar-refractivity contribution is -0.139. The Hall–Kier alpha value is -1.70. The first-order valence-corrected chi connectivity index (χ1v) is 13.3. The Labute approximate surface area is 213 Å². The summed E-state index contributed by atoms with van der Waals surface area (Å²) in [6.45, 7) is 16.1. The van der Waals surface area contributed by atoms with Crippen molar-refractivity contribution in [1.29, 1.82) is 0 Å². The van der Waals surface area contributed by atoms with Gasteiger partial charge < -0.3 is 23.7 Å². The van der Waals surface area contributed by atoms with Gasteiger partial charge >= 0.3 is 11.9 Å². The maximum atomic E-state index is 11.2. The molecule has 7 heteroatoms. The molecule has 0 rings (SSSR count). The van der Waals surface area contributed by atoms with Gasteiger partial charge in [0.15, 0.2) is 0 Å². The molecule has 7 nitrogen and oxygen atoms in total. The Kier molecular flexibility index (Phi) is 24.2. The fraction of sp³-hybridized carbons (Fsp3) is 0.786. The van der Waals surface area contributed by atoms with Crippen molar-refractivity contribution in [2.75, 3.05) is 52.9 Å². The third kappa shape index (κ3) is 25.2. The summed E-state index contributed by atoms with van der Waals surface area (Å²) >= 11 is 0. The van der Waals surface area contributed by atoms with Gasteiger partial charge in [0.2, 0.25) is 0 Å². The molecule has 0 bridgehead atoms. The van der Waals surface area contributed by atoms with Crippen molar-refractivity contribution in [1.82, 2.24) is 0 Å². The minimum atomic E-state index is -0.309. The largest absolute Gasteiger partial charge is 0.462 e. The van der Waals surface area contributed by atoms with Crippen molar-refractivity contribution >= 4 is 11.9 Å². The van der Waals surface area contributed by atoms with Crippen LogP contribution in [0.3, 0.4) is 0 Å². The maximum Gasteiger partial charge on any atom is 0.333 e.